The van der Waals surface area contributed by atoms with Crippen LogP contribution in [0.1, 0.15) is 13.8 Å². The van der Waals surface area contributed by atoms with E-state index in [0.29, 0.717) is 11.8 Å². The molecule has 0 saturated carbocycles. The minimum Gasteiger partial charge on any atom is -0.354 e. The summed E-state index contributed by atoms with van der Waals surface area (Å²) in [6, 6.07) is 14.4. The van der Waals surface area contributed by atoms with Gasteiger partial charge in [-0.05, 0) is 26.0 Å². The SMILES string of the molecule is CC(C)NC(=O)N1CC2CN(c3ccc(-c4ccccc4)nn3)CC2C1. The summed E-state index contributed by atoms with van der Waals surface area (Å²) in [4.78, 5) is 16.4. The number of benzene rings is 1. The lowest BCUT2D eigenvalue weighted by Crippen LogP contribution is -2.43. The molecule has 1 N–H and O–H groups in total. The molecule has 2 aliphatic rings. The Labute approximate surface area is 154 Å². The lowest BCUT2D eigenvalue weighted by atomic mass is 10.0. The number of likely N-dealkylation sites (tertiary alicyclic amines) is 1. The number of rotatable bonds is 3. The van der Waals surface area contributed by atoms with Gasteiger partial charge in [-0.3, -0.25) is 0 Å². The first-order valence-electron chi connectivity index (χ1n) is 9.29. The molecular formula is C20H25N5O. The number of urea groups is 1. The number of amides is 2. The van der Waals surface area contributed by atoms with Crippen LogP contribution in [0.15, 0.2) is 42.5 Å². The van der Waals surface area contributed by atoms with Crippen LogP contribution in [0.25, 0.3) is 11.3 Å². The highest BCUT2D eigenvalue weighted by Gasteiger charge is 2.42. The highest BCUT2D eigenvalue weighted by molar-refractivity contribution is 5.75. The maximum atomic E-state index is 12.2. The van der Waals surface area contributed by atoms with Crippen LogP contribution in [0.2, 0.25) is 0 Å². The molecule has 6 nitrogen and oxygen atoms in total. The molecular weight excluding hydrogens is 326 g/mol. The van der Waals surface area contributed by atoms with Gasteiger partial charge >= 0.3 is 6.03 Å². The second-order valence-electron chi connectivity index (χ2n) is 7.58. The third kappa shape index (κ3) is 3.36. The molecule has 1 aromatic carbocycles. The molecule has 0 spiro atoms. The molecule has 2 unspecified atom stereocenters. The van der Waals surface area contributed by atoms with Crippen molar-refractivity contribution in [3.8, 4) is 11.3 Å². The van der Waals surface area contributed by atoms with Crippen molar-refractivity contribution in [1.29, 1.82) is 0 Å². The minimum atomic E-state index is 0.0629. The van der Waals surface area contributed by atoms with E-state index in [1.54, 1.807) is 0 Å². The summed E-state index contributed by atoms with van der Waals surface area (Å²) in [5, 5.41) is 11.8. The summed E-state index contributed by atoms with van der Waals surface area (Å²) in [7, 11) is 0. The zero-order valence-corrected chi connectivity index (χ0v) is 15.3. The standard InChI is InChI=1S/C20H25N5O/c1-14(2)21-20(26)25-12-16-10-24(11-17(16)13-25)19-9-8-18(22-23-19)15-6-4-3-5-7-15/h3-9,14,16-17H,10-13H2,1-2H3,(H,21,26). The fraction of sp³-hybridized carbons (Fsp3) is 0.450. The number of nitrogens with zero attached hydrogens (tertiary/aromatic N) is 4. The number of carbonyl (C=O) groups excluding carboxylic acids is 1. The second-order valence-corrected chi connectivity index (χ2v) is 7.58. The summed E-state index contributed by atoms with van der Waals surface area (Å²) < 4.78 is 0. The molecule has 2 atom stereocenters. The maximum absolute atomic E-state index is 12.2. The number of aromatic nitrogens is 2. The van der Waals surface area contributed by atoms with Gasteiger partial charge < -0.3 is 15.1 Å². The zero-order valence-electron chi connectivity index (χ0n) is 15.3. The van der Waals surface area contributed by atoms with E-state index in [0.717, 1.165) is 43.3 Å². The molecule has 3 heterocycles. The monoisotopic (exact) mass is 351 g/mol. The van der Waals surface area contributed by atoms with Gasteiger partial charge in [0.1, 0.15) is 0 Å². The van der Waals surface area contributed by atoms with Gasteiger partial charge in [-0.25, -0.2) is 4.79 Å². The number of fused-ring (bicyclic) bond motifs is 1. The van der Waals surface area contributed by atoms with Gasteiger partial charge in [0.15, 0.2) is 5.82 Å². The predicted molar refractivity (Wildman–Crippen MR) is 102 cm³/mol. The van der Waals surface area contributed by atoms with E-state index in [9.17, 15) is 4.79 Å². The number of hydrogen-bond acceptors (Lipinski definition) is 4. The highest BCUT2D eigenvalue weighted by Crippen LogP contribution is 2.33. The molecule has 0 bridgehead atoms. The fourth-order valence-electron chi connectivity index (χ4n) is 3.94. The van der Waals surface area contributed by atoms with Crippen molar-refractivity contribution < 1.29 is 4.79 Å². The average molecular weight is 351 g/mol. The zero-order chi connectivity index (χ0) is 18.1. The quantitative estimate of drug-likeness (QED) is 0.923. The van der Waals surface area contributed by atoms with E-state index < -0.39 is 0 Å². The third-order valence-electron chi connectivity index (χ3n) is 5.23. The Bertz CT molecular complexity index is 748. The Morgan fingerprint density at radius 3 is 2.27 bits per heavy atom. The number of nitrogens with one attached hydrogen (secondary N) is 1. The van der Waals surface area contributed by atoms with Gasteiger partial charge in [0.2, 0.25) is 0 Å². The number of carbonyl (C=O) groups is 1. The first-order valence-corrected chi connectivity index (χ1v) is 9.29. The van der Waals surface area contributed by atoms with E-state index in [-0.39, 0.29) is 12.1 Å². The molecule has 2 fully saturated rings. The lowest BCUT2D eigenvalue weighted by molar-refractivity contribution is 0.203. The summed E-state index contributed by atoms with van der Waals surface area (Å²) in [5.74, 6) is 1.96. The first kappa shape index (κ1) is 16.8. The Hall–Kier alpha value is -2.63. The molecule has 0 aliphatic carbocycles. The largest absolute Gasteiger partial charge is 0.354 e. The van der Waals surface area contributed by atoms with Gasteiger partial charge in [-0.1, -0.05) is 30.3 Å². The van der Waals surface area contributed by atoms with Crippen LogP contribution in [0.5, 0.6) is 0 Å². The van der Waals surface area contributed by atoms with Crippen LogP contribution in [0.3, 0.4) is 0 Å². The molecule has 1 aromatic heterocycles. The van der Waals surface area contributed by atoms with E-state index in [4.69, 9.17) is 0 Å². The van der Waals surface area contributed by atoms with Gasteiger partial charge in [-0.15, -0.1) is 10.2 Å². The smallest absolute Gasteiger partial charge is 0.317 e. The molecule has 0 radical (unpaired) electrons. The molecule has 26 heavy (non-hydrogen) atoms. The summed E-state index contributed by atoms with van der Waals surface area (Å²) in [6.45, 7) is 7.53. The molecule has 2 saturated heterocycles. The summed E-state index contributed by atoms with van der Waals surface area (Å²) in [6.07, 6.45) is 0. The van der Waals surface area contributed by atoms with Crippen LogP contribution in [0.4, 0.5) is 10.6 Å². The average Bonchev–Trinajstić information content (AvgIpc) is 3.21. The summed E-state index contributed by atoms with van der Waals surface area (Å²) >= 11 is 0. The van der Waals surface area contributed by atoms with Crippen LogP contribution in [-0.2, 0) is 0 Å². The predicted octanol–water partition coefficient (Wildman–Crippen LogP) is 2.63. The Morgan fingerprint density at radius 2 is 1.69 bits per heavy atom. The molecule has 2 amide bonds. The Kier molecular flexibility index (Phi) is 4.49. The third-order valence-corrected chi connectivity index (χ3v) is 5.23. The Balaban J connectivity index is 1.38. The van der Waals surface area contributed by atoms with Crippen molar-refractivity contribution in [3.05, 3.63) is 42.5 Å². The topological polar surface area (TPSA) is 61.4 Å². The summed E-state index contributed by atoms with van der Waals surface area (Å²) in [5.41, 5.74) is 1.97. The van der Waals surface area contributed by atoms with Crippen LogP contribution >= 0.6 is 0 Å². The van der Waals surface area contributed by atoms with Crippen molar-refractivity contribution in [2.45, 2.75) is 19.9 Å². The highest BCUT2D eigenvalue weighted by atomic mass is 16.2. The second kappa shape index (κ2) is 6.94. The van der Waals surface area contributed by atoms with Crippen LogP contribution in [0, 0.1) is 11.8 Å². The molecule has 6 heteroatoms. The number of hydrogen-bond donors (Lipinski definition) is 1. The first-order chi connectivity index (χ1) is 12.6. The van der Waals surface area contributed by atoms with Crippen molar-refractivity contribution in [3.63, 3.8) is 0 Å². The lowest BCUT2D eigenvalue weighted by Gasteiger charge is -2.23. The van der Waals surface area contributed by atoms with Crippen molar-refractivity contribution in [2.75, 3.05) is 31.1 Å². The van der Waals surface area contributed by atoms with Crippen molar-refractivity contribution >= 4 is 11.8 Å². The molecule has 2 aromatic rings. The fourth-order valence-corrected chi connectivity index (χ4v) is 3.94. The maximum Gasteiger partial charge on any atom is 0.317 e. The Morgan fingerprint density at radius 1 is 1.00 bits per heavy atom. The number of anilines is 1. The van der Waals surface area contributed by atoms with Gasteiger partial charge in [0.05, 0.1) is 5.69 Å². The van der Waals surface area contributed by atoms with Gasteiger partial charge in [0.25, 0.3) is 0 Å². The van der Waals surface area contributed by atoms with E-state index in [1.807, 2.05) is 55.1 Å². The molecule has 4 rings (SSSR count). The van der Waals surface area contributed by atoms with Gasteiger partial charge in [0, 0.05) is 49.6 Å². The van der Waals surface area contributed by atoms with E-state index >= 15 is 0 Å². The molecule has 2 aliphatic heterocycles. The van der Waals surface area contributed by atoms with Gasteiger partial charge in [-0.2, -0.15) is 0 Å². The van der Waals surface area contributed by atoms with Crippen LogP contribution in [-0.4, -0.2) is 53.3 Å². The van der Waals surface area contributed by atoms with Crippen molar-refractivity contribution in [2.24, 2.45) is 11.8 Å². The minimum absolute atomic E-state index is 0.0629. The van der Waals surface area contributed by atoms with Crippen LogP contribution < -0.4 is 10.2 Å². The normalized spacial score (nSPS) is 22.0. The van der Waals surface area contributed by atoms with E-state index in [1.165, 1.54) is 0 Å². The van der Waals surface area contributed by atoms with E-state index in [2.05, 4.69) is 26.5 Å². The molecule has 136 valence electrons. The van der Waals surface area contributed by atoms with Crippen molar-refractivity contribution in [1.82, 2.24) is 20.4 Å².